The van der Waals surface area contributed by atoms with E-state index in [1.54, 1.807) is 4.90 Å². The summed E-state index contributed by atoms with van der Waals surface area (Å²) in [7, 11) is 8.05. The minimum absolute atomic E-state index is 0.0641. The first-order chi connectivity index (χ1) is 16.4. The SMILES string of the molecule is C=N/C(=C\N(C)CN(C)CC(CC)N(C)C(=O)OC(C)(C)C)CN(C)[C@H]1CCCc2cccnc21. The molecule has 0 bridgehead atoms. The van der Waals surface area contributed by atoms with Crippen LogP contribution in [0, 0.1) is 0 Å². The smallest absolute Gasteiger partial charge is 0.410 e. The fourth-order valence-corrected chi connectivity index (χ4v) is 4.61. The maximum Gasteiger partial charge on any atom is 0.410 e. The third-order valence-corrected chi connectivity index (χ3v) is 6.37. The maximum atomic E-state index is 12.5. The molecule has 0 saturated carbocycles. The first kappa shape index (κ1) is 28.8. The molecule has 0 saturated heterocycles. The standard InChI is InChI=1S/C27H46N6O2/c1-10-23(33(9)26(34)35-27(2,3)4)19-31(7)20-30(6)17-22(28-5)18-32(8)24-15-11-13-21-14-12-16-29-25(21)24/h12,14,16-17,23-24H,5,10-11,13,15,18-20H2,1-4,6-9H3/b22-17-/t23?,24-/m0/s1. The van der Waals surface area contributed by atoms with E-state index in [1.807, 2.05) is 47.1 Å². The Morgan fingerprint density at radius 1 is 1.31 bits per heavy atom. The highest BCUT2D eigenvalue weighted by Gasteiger charge is 2.26. The van der Waals surface area contributed by atoms with Crippen LogP contribution in [0.5, 0.6) is 0 Å². The Hall–Kier alpha value is -2.45. The lowest BCUT2D eigenvalue weighted by Crippen LogP contribution is -2.46. The molecule has 0 radical (unpaired) electrons. The molecule has 0 aromatic carbocycles. The van der Waals surface area contributed by atoms with Crippen LogP contribution in [0.3, 0.4) is 0 Å². The molecule has 196 valence electrons. The normalized spacial score (nSPS) is 17.2. The summed E-state index contributed by atoms with van der Waals surface area (Å²) in [6.07, 6.45) is 7.89. The van der Waals surface area contributed by atoms with E-state index >= 15 is 0 Å². The summed E-state index contributed by atoms with van der Waals surface area (Å²) in [6, 6.07) is 4.58. The van der Waals surface area contributed by atoms with Gasteiger partial charge in [0.25, 0.3) is 0 Å². The Morgan fingerprint density at radius 2 is 2.03 bits per heavy atom. The summed E-state index contributed by atoms with van der Waals surface area (Å²) in [5.41, 5.74) is 2.97. The summed E-state index contributed by atoms with van der Waals surface area (Å²) in [5.74, 6) is 0. The molecule has 0 aliphatic heterocycles. The number of aryl methyl sites for hydroxylation is 1. The highest BCUT2D eigenvalue weighted by Crippen LogP contribution is 2.32. The molecule has 0 N–H and O–H groups in total. The van der Waals surface area contributed by atoms with Crippen molar-refractivity contribution < 1.29 is 9.53 Å². The maximum absolute atomic E-state index is 12.5. The summed E-state index contributed by atoms with van der Waals surface area (Å²) in [4.78, 5) is 29.8. The second kappa shape index (κ2) is 13.0. The van der Waals surface area contributed by atoms with Crippen molar-refractivity contribution in [3.63, 3.8) is 0 Å². The number of aliphatic imine (C=N–C) groups is 1. The second-order valence-electron chi connectivity index (χ2n) is 10.7. The lowest BCUT2D eigenvalue weighted by Gasteiger charge is -2.34. The molecule has 1 aliphatic rings. The van der Waals surface area contributed by atoms with Gasteiger partial charge in [-0.3, -0.25) is 19.8 Å². The van der Waals surface area contributed by atoms with Gasteiger partial charge in [-0.25, -0.2) is 4.79 Å². The number of aromatic nitrogens is 1. The number of nitrogens with zero attached hydrogens (tertiary/aromatic N) is 6. The predicted molar refractivity (Wildman–Crippen MR) is 144 cm³/mol. The molecule has 1 unspecified atom stereocenters. The lowest BCUT2D eigenvalue weighted by molar-refractivity contribution is 0.0180. The summed E-state index contributed by atoms with van der Waals surface area (Å²) >= 11 is 0. The molecule has 0 fully saturated rings. The highest BCUT2D eigenvalue weighted by molar-refractivity contribution is 5.68. The van der Waals surface area contributed by atoms with Crippen molar-refractivity contribution >= 4 is 12.8 Å². The number of pyridine rings is 1. The van der Waals surface area contributed by atoms with E-state index in [9.17, 15) is 4.79 Å². The number of rotatable bonds is 11. The Kier molecular flexibility index (Phi) is 10.7. The average Bonchev–Trinajstić information content (AvgIpc) is 2.79. The van der Waals surface area contributed by atoms with E-state index in [1.165, 1.54) is 17.7 Å². The highest BCUT2D eigenvalue weighted by atomic mass is 16.6. The summed E-state index contributed by atoms with van der Waals surface area (Å²) < 4.78 is 5.54. The molecule has 1 aromatic heterocycles. The number of hydrogen-bond acceptors (Lipinski definition) is 7. The van der Waals surface area contributed by atoms with Crippen LogP contribution in [0.4, 0.5) is 4.79 Å². The van der Waals surface area contributed by atoms with Crippen LogP contribution in [0.2, 0.25) is 0 Å². The first-order valence-electron chi connectivity index (χ1n) is 12.6. The molecule has 2 atom stereocenters. The van der Waals surface area contributed by atoms with Crippen molar-refractivity contribution in [2.45, 2.75) is 71.1 Å². The molecule has 1 aromatic rings. The summed E-state index contributed by atoms with van der Waals surface area (Å²) in [5, 5.41) is 0. The average molecular weight is 487 g/mol. The van der Waals surface area contributed by atoms with Gasteiger partial charge in [-0.2, -0.15) is 0 Å². The van der Waals surface area contributed by atoms with E-state index in [4.69, 9.17) is 4.74 Å². The van der Waals surface area contributed by atoms with Crippen LogP contribution in [0.25, 0.3) is 0 Å². The topological polar surface area (TPSA) is 64.5 Å². The minimum Gasteiger partial charge on any atom is -0.444 e. The second-order valence-corrected chi connectivity index (χ2v) is 10.7. The largest absolute Gasteiger partial charge is 0.444 e. The third-order valence-electron chi connectivity index (χ3n) is 6.37. The fraction of sp³-hybridized carbons (Fsp3) is 0.667. The van der Waals surface area contributed by atoms with Crippen molar-refractivity contribution in [1.29, 1.82) is 0 Å². The van der Waals surface area contributed by atoms with E-state index in [2.05, 4.69) is 64.7 Å². The predicted octanol–water partition coefficient (Wildman–Crippen LogP) is 4.40. The number of hydrogen-bond donors (Lipinski definition) is 0. The zero-order valence-electron chi connectivity index (χ0n) is 23.1. The van der Waals surface area contributed by atoms with Crippen LogP contribution in [-0.2, 0) is 11.2 Å². The van der Waals surface area contributed by atoms with Crippen molar-refractivity contribution in [3.05, 3.63) is 41.5 Å². The van der Waals surface area contributed by atoms with Gasteiger partial charge in [-0.15, -0.1) is 0 Å². The Labute approximate surface area is 212 Å². The molecule has 1 amide bonds. The molecule has 1 aliphatic carbocycles. The van der Waals surface area contributed by atoms with Gasteiger partial charge < -0.3 is 14.5 Å². The van der Waals surface area contributed by atoms with Gasteiger partial charge >= 0.3 is 6.09 Å². The molecule has 8 heteroatoms. The van der Waals surface area contributed by atoms with Crippen LogP contribution < -0.4 is 0 Å². The van der Waals surface area contributed by atoms with Crippen LogP contribution in [0.15, 0.2) is 35.2 Å². The van der Waals surface area contributed by atoms with Gasteiger partial charge in [0, 0.05) is 45.6 Å². The number of carbonyl (C=O) groups is 1. The zero-order chi connectivity index (χ0) is 26.2. The van der Waals surface area contributed by atoms with E-state index in [0.29, 0.717) is 19.3 Å². The van der Waals surface area contributed by atoms with Gasteiger partial charge in [0.1, 0.15) is 5.60 Å². The molecule has 0 spiro atoms. The number of fused-ring (bicyclic) bond motifs is 1. The fourth-order valence-electron chi connectivity index (χ4n) is 4.61. The first-order valence-corrected chi connectivity index (χ1v) is 12.6. The van der Waals surface area contributed by atoms with Gasteiger partial charge in [0.2, 0.25) is 0 Å². The minimum atomic E-state index is -0.502. The van der Waals surface area contributed by atoms with Crippen molar-refractivity contribution in [3.8, 4) is 0 Å². The molecule has 35 heavy (non-hydrogen) atoms. The number of likely N-dealkylation sites (N-methyl/N-ethyl adjacent to an activating group) is 3. The van der Waals surface area contributed by atoms with Crippen molar-refractivity contribution in [2.75, 3.05) is 47.9 Å². The molecular formula is C27H46N6O2. The molecule has 2 rings (SSSR count). The van der Waals surface area contributed by atoms with Crippen LogP contribution >= 0.6 is 0 Å². The Morgan fingerprint density at radius 3 is 2.66 bits per heavy atom. The van der Waals surface area contributed by atoms with Crippen molar-refractivity contribution in [2.24, 2.45) is 4.99 Å². The zero-order valence-corrected chi connectivity index (χ0v) is 23.1. The van der Waals surface area contributed by atoms with Gasteiger partial charge in [-0.05, 0) is 78.9 Å². The van der Waals surface area contributed by atoms with E-state index in [-0.39, 0.29) is 12.1 Å². The van der Waals surface area contributed by atoms with Gasteiger partial charge in [-0.1, -0.05) is 13.0 Å². The number of ether oxygens (including phenoxy) is 1. The third kappa shape index (κ3) is 8.93. The monoisotopic (exact) mass is 486 g/mol. The van der Waals surface area contributed by atoms with Crippen LogP contribution in [-0.4, -0.2) is 97.0 Å². The quantitative estimate of drug-likeness (QED) is 0.341. The summed E-state index contributed by atoms with van der Waals surface area (Å²) in [6.45, 7) is 13.7. The molecule has 1 heterocycles. The number of amides is 1. The van der Waals surface area contributed by atoms with Crippen LogP contribution in [0.1, 0.15) is 64.3 Å². The van der Waals surface area contributed by atoms with Gasteiger partial charge in [0.05, 0.1) is 24.1 Å². The van der Waals surface area contributed by atoms with E-state index < -0.39 is 5.60 Å². The molecular weight excluding hydrogens is 440 g/mol. The van der Waals surface area contributed by atoms with Gasteiger partial charge in [0.15, 0.2) is 0 Å². The Bertz CT molecular complexity index is 865. The van der Waals surface area contributed by atoms with E-state index in [0.717, 1.165) is 31.5 Å². The lowest BCUT2D eigenvalue weighted by atomic mass is 9.91. The number of carbonyl (C=O) groups excluding carboxylic acids is 1. The molecule has 8 nitrogen and oxygen atoms in total. The van der Waals surface area contributed by atoms with Crippen molar-refractivity contribution in [1.82, 2.24) is 24.6 Å². The Balaban J connectivity index is 1.95.